The predicted molar refractivity (Wildman–Crippen MR) is 131 cm³/mol. The minimum Gasteiger partial charge on any atom is -0.462 e. The van der Waals surface area contributed by atoms with E-state index in [0.29, 0.717) is 31.7 Å². The molecule has 0 bridgehead atoms. The minimum absolute atomic E-state index is 0.320. The van der Waals surface area contributed by atoms with E-state index in [0.717, 1.165) is 39.2 Å². The van der Waals surface area contributed by atoms with Crippen LogP contribution in [0.5, 0.6) is 0 Å². The van der Waals surface area contributed by atoms with E-state index < -0.39 is 10.0 Å². The average molecular weight is 465 g/mol. The van der Waals surface area contributed by atoms with Gasteiger partial charge in [0.25, 0.3) is 0 Å². The number of anilines is 2. The lowest BCUT2D eigenvalue weighted by Gasteiger charge is -2.28. The monoisotopic (exact) mass is 464 g/mol. The zero-order chi connectivity index (χ0) is 23.6. The fraction of sp³-hybridized carbons (Fsp3) is 0.269. The first-order chi connectivity index (χ1) is 15.8. The number of aryl methyl sites for hydroxylation is 1. The predicted octanol–water partition coefficient (Wildman–Crippen LogP) is 4.90. The minimum atomic E-state index is -3.21. The van der Waals surface area contributed by atoms with Gasteiger partial charge in [-0.15, -0.1) is 0 Å². The van der Waals surface area contributed by atoms with Crippen molar-refractivity contribution < 1.29 is 17.9 Å². The molecule has 1 heterocycles. The van der Waals surface area contributed by atoms with Crippen LogP contribution in [0.25, 0.3) is 11.1 Å². The van der Waals surface area contributed by atoms with Crippen LogP contribution in [0.1, 0.15) is 34.0 Å². The van der Waals surface area contributed by atoms with E-state index >= 15 is 0 Å². The third kappa shape index (κ3) is 5.10. The number of ether oxygens (including phenoxy) is 1. The molecule has 0 aliphatic carbocycles. The molecule has 0 atom stereocenters. The van der Waals surface area contributed by atoms with Gasteiger partial charge in [-0.1, -0.05) is 30.3 Å². The van der Waals surface area contributed by atoms with Gasteiger partial charge in [-0.3, -0.25) is 0 Å². The maximum Gasteiger partial charge on any atom is 0.338 e. The number of rotatable bonds is 6. The van der Waals surface area contributed by atoms with Crippen molar-refractivity contribution in [1.29, 1.82) is 0 Å². The molecule has 4 rings (SSSR count). The summed E-state index contributed by atoms with van der Waals surface area (Å²) in [5.74, 6) is -0.320. The summed E-state index contributed by atoms with van der Waals surface area (Å²) in [4.78, 5) is 11.9. The smallest absolute Gasteiger partial charge is 0.338 e. The maximum atomic E-state index is 12.0. The van der Waals surface area contributed by atoms with E-state index in [1.807, 2.05) is 36.4 Å². The molecule has 0 spiro atoms. The van der Waals surface area contributed by atoms with Crippen molar-refractivity contribution >= 4 is 27.4 Å². The van der Waals surface area contributed by atoms with Gasteiger partial charge in [0.1, 0.15) is 0 Å². The number of carbonyl (C=O) groups is 1. The number of hydrogen-bond acceptors (Lipinski definition) is 5. The Morgan fingerprint density at radius 1 is 1.09 bits per heavy atom. The van der Waals surface area contributed by atoms with E-state index in [4.69, 9.17) is 4.74 Å². The van der Waals surface area contributed by atoms with Gasteiger partial charge in [-0.25, -0.2) is 13.2 Å². The number of fused-ring (bicyclic) bond motifs is 1. The number of nitrogens with zero attached hydrogens (tertiary/aromatic N) is 1. The number of carbonyl (C=O) groups excluding carboxylic acids is 1. The summed E-state index contributed by atoms with van der Waals surface area (Å²) < 4.78 is 30.5. The van der Waals surface area contributed by atoms with Crippen molar-refractivity contribution in [2.45, 2.75) is 26.8 Å². The molecule has 3 aromatic rings. The third-order valence-electron chi connectivity index (χ3n) is 5.92. The molecule has 1 aliphatic heterocycles. The van der Waals surface area contributed by atoms with Crippen molar-refractivity contribution in [3.63, 3.8) is 0 Å². The first kappa shape index (κ1) is 23.0. The summed E-state index contributed by atoms with van der Waals surface area (Å²) in [7, 11) is -3.21. The molecule has 6 nitrogen and oxygen atoms in total. The first-order valence-electron chi connectivity index (χ1n) is 11.0. The second-order valence-electron chi connectivity index (χ2n) is 8.24. The number of nitrogens with one attached hydrogen (secondary N) is 1. The maximum absolute atomic E-state index is 12.0. The molecule has 33 heavy (non-hydrogen) atoms. The van der Waals surface area contributed by atoms with Crippen LogP contribution >= 0.6 is 0 Å². The van der Waals surface area contributed by atoms with Crippen LogP contribution in [0, 0.1) is 6.92 Å². The Kier molecular flexibility index (Phi) is 6.54. The lowest BCUT2D eigenvalue weighted by Crippen LogP contribution is -2.35. The van der Waals surface area contributed by atoms with Gasteiger partial charge < -0.3 is 10.1 Å². The molecule has 0 amide bonds. The fourth-order valence-corrected chi connectivity index (χ4v) is 4.95. The number of benzene rings is 3. The fourth-order valence-electron chi connectivity index (χ4n) is 4.15. The Morgan fingerprint density at radius 3 is 2.55 bits per heavy atom. The normalized spacial score (nSPS) is 13.9. The van der Waals surface area contributed by atoms with Gasteiger partial charge in [0, 0.05) is 24.5 Å². The number of sulfonamides is 1. The highest BCUT2D eigenvalue weighted by Gasteiger charge is 2.24. The molecular formula is C26H28N2O4S. The van der Waals surface area contributed by atoms with Crippen LogP contribution in [0.2, 0.25) is 0 Å². The van der Waals surface area contributed by atoms with Gasteiger partial charge >= 0.3 is 5.97 Å². The summed E-state index contributed by atoms with van der Waals surface area (Å²) in [6, 6.07) is 19.6. The van der Waals surface area contributed by atoms with Crippen LogP contribution in [-0.2, 0) is 27.7 Å². The van der Waals surface area contributed by atoms with Crippen molar-refractivity contribution in [3.05, 3.63) is 82.9 Å². The van der Waals surface area contributed by atoms with Gasteiger partial charge in [-0.2, -0.15) is 4.31 Å². The Morgan fingerprint density at radius 2 is 1.85 bits per heavy atom. The molecule has 7 heteroatoms. The highest BCUT2D eigenvalue weighted by atomic mass is 32.2. The van der Waals surface area contributed by atoms with Crippen molar-refractivity contribution in [2.24, 2.45) is 0 Å². The van der Waals surface area contributed by atoms with E-state index in [-0.39, 0.29) is 5.97 Å². The van der Waals surface area contributed by atoms with Crippen molar-refractivity contribution in [1.82, 2.24) is 4.31 Å². The molecule has 0 aromatic heterocycles. The highest BCUT2D eigenvalue weighted by Crippen LogP contribution is 2.32. The topological polar surface area (TPSA) is 75.7 Å². The van der Waals surface area contributed by atoms with E-state index in [1.165, 1.54) is 10.6 Å². The molecule has 172 valence electrons. The Balaban J connectivity index is 1.59. The lowest BCUT2D eigenvalue weighted by molar-refractivity contribution is 0.0526. The molecular weight excluding hydrogens is 436 g/mol. The number of hydrogen-bond donors (Lipinski definition) is 1. The van der Waals surface area contributed by atoms with Crippen LogP contribution in [0.15, 0.2) is 60.7 Å². The van der Waals surface area contributed by atoms with Crippen LogP contribution < -0.4 is 5.32 Å². The zero-order valence-electron chi connectivity index (χ0n) is 19.1. The average Bonchev–Trinajstić information content (AvgIpc) is 2.80. The summed E-state index contributed by atoms with van der Waals surface area (Å²) >= 11 is 0. The second-order valence-corrected chi connectivity index (χ2v) is 10.2. The Hall–Kier alpha value is -3.16. The van der Waals surface area contributed by atoms with Crippen molar-refractivity contribution in [2.75, 3.05) is 24.7 Å². The Labute approximate surface area is 195 Å². The number of esters is 1. The standard InChI is InChI=1S/C26H28N2O4S/c1-4-32-26(29)20-11-9-19(10-12-20)24-16-22(13-8-18(24)2)27-25-7-5-6-21-17-28(33(3,30)31)15-14-23(21)25/h5-13,16,27H,4,14-15,17H2,1-3H3. The summed E-state index contributed by atoms with van der Waals surface area (Å²) in [6.45, 7) is 5.08. The first-order valence-corrected chi connectivity index (χ1v) is 12.8. The quantitative estimate of drug-likeness (QED) is 0.525. The van der Waals surface area contributed by atoms with Crippen LogP contribution in [0.4, 0.5) is 11.4 Å². The molecule has 0 saturated heterocycles. The molecule has 0 radical (unpaired) electrons. The lowest BCUT2D eigenvalue weighted by atomic mass is 9.97. The third-order valence-corrected chi connectivity index (χ3v) is 7.17. The van der Waals surface area contributed by atoms with E-state index in [9.17, 15) is 13.2 Å². The van der Waals surface area contributed by atoms with E-state index in [2.05, 4.69) is 24.4 Å². The molecule has 0 fully saturated rings. The van der Waals surface area contributed by atoms with E-state index in [1.54, 1.807) is 19.1 Å². The van der Waals surface area contributed by atoms with Crippen molar-refractivity contribution in [3.8, 4) is 11.1 Å². The summed E-state index contributed by atoms with van der Waals surface area (Å²) in [6.07, 6.45) is 1.92. The summed E-state index contributed by atoms with van der Waals surface area (Å²) in [5.41, 5.74) is 7.87. The largest absolute Gasteiger partial charge is 0.462 e. The molecule has 1 N–H and O–H groups in total. The zero-order valence-corrected chi connectivity index (χ0v) is 19.9. The van der Waals surface area contributed by atoms with Gasteiger partial charge in [-0.05, 0) is 78.4 Å². The SMILES string of the molecule is CCOC(=O)c1ccc(-c2cc(Nc3cccc4c3CCN(S(C)(=O)=O)C4)ccc2C)cc1. The van der Waals surface area contributed by atoms with Gasteiger partial charge in [0.15, 0.2) is 0 Å². The molecule has 3 aromatic carbocycles. The van der Waals surface area contributed by atoms with Gasteiger partial charge in [0.05, 0.1) is 18.4 Å². The van der Waals surface area contributed by atoms with Crippen LogP contribution in [-0.4, -0.2) is 38.1 Å². The Bertz CT molecular complexity index is 1280. The second kappa shape index (κ2) is 9.37. The summed E-state index contributed by atoms with van der Waals surface area (Å²) in [5, 5.41) is 3.53. The van der Waals surface area contributed by atoms with Gasteiger partial charge in [0.2, 0.25) is 10.0 Å². The van der Waals surface area contributed by atoms with Crippen LogP contribution in [0.3, 0.4) is 0 Å². The highest BCUT2D eigenvalue weighted by molar-refractivity contribution is 7.88. The molecule has 0 saturated carbocycles. The molecule has 1 aliphatic rings. The molecule has 0 unspecified atom stereocenters.